The summed E-state index contributed by atoms with van der Waals surface area (Å²) in [6.45, 7) is -0.245. The van der Waals surface area contributed by atoms with Crippen LogP contribution in [0.25, 0.3) is 22.6 Å². The van der Waals surface area contributed by atoms with Gasteiger partial charge in [0.2, 0.25) is 0 Å². The van der Waals surface area contributed by atoms with E-state index in [1.165, 1.54) is 6.42 Å². The first-order chi connectivity index (χ1) is 17.0. The molecule has 0 atom stereocenters. The van der Waals surface area contributed by atoms with Crippen molar-refractivity contribution >= 4 is 46.0 Å². The average Bonchev–Trinajstić information content (AvgIpc) is 3.28. The maximum absolute atomic E-state index is 13.4. The van der Waals surface area contributed by atoms with Crippen LogP contribution >= 0.6 is 11.6 Å². The van der Waals surface area contributed by atoms with E-state index in [0.29, 0.717) is 17.0 Å². The highest BCUT2D eigenvalue weighted by molar-refractivity contribution is 6.30. The van der Waals surface area contributed by atoms with Crippen molar-refractivity contribution in [3.63, 3.8) is 0 Å². The minimum Gasteiger partial charge on any atom is -0.452 e. The molecule has 1 amide bonds. The minimum atomic E-state index is -0.460. The van der Waals surface area contributed by atoms with Crippen LogP contribution in [0.2, 0.25) is 5.02 Å². The van der Waals surface area contributed by atoms with Crippen LogP contribution in [0.5, 0.6) is 0 Å². The van der Waals surface area contributed by atoms with Crippen LogP contribution in [0.1, 0.15) is 65.7 Å². The SMILES string of the molecule is CN(C(=O)COC(=O)c1c2c(nc3ccccc13)C(=Cc1ccc(Cl)cc1)CC2)C1CCCCC1. The molecule has 2 aliphatic carbocycles. The Morgan fingerprint density at radius 1 is 1.06 bits per heavy atom. The number of para-hydroxylation sites is 1. The van der Waals surface area contributed by atoms with E-state index in [0.717, 1.165) is 65.4 Å². The number of esters is 1. The maximum Gasteiger partial charge on any atom is 0.339 e. The number of aromatic nitrogens is 1. The topological polar surface area (TPSA) is 59.5 Å². The van der Waals surface area contributed by atoms with Crippen LogP contribution in [0.15, 0.2) is 48.5 Å². The highest BCUT2D eigenvalue weighted by atomic mass is 35.5. The molecule has 0 unspecified atom stereocenters. The molecule has 2 aliphatic rings. The van der Waals surface area contributed by atoms with E-state index in [1.807, 2.05) is 55.6 Å². The number of carbonyl (C=O) groups is 2. The molecule has 0 aliphatic heterocycles. The van der Waals surface area contributed by atoms with Gasteiger partial charge in [0.05, 0.1) is 16.8 Å². The standard InChI is InChI=1S/C29H29ClN2O3/c1-32(22-7-3-2-4-8-22)26(33)18-35-29(34)27-23-9-5-6-10-25(23)31-28-20(13-16-24(27)28)17-19-11-14-21(30)15-12-19/h5-6,9-12,14-15,17,22H,2-4,7-8,13,16,18H2,1H3. The third kappa shape index (κ3) is 4.96. The monoisotopic (exact) mass is 488 g/mol. The molecule has 1 saturated carbocycles. The summed E-state index contributed by atoms with van der Waals surface area (Å²) in [5, 5.41) is 1.45. The summed E-state index contributed by atoms with van der Waals surface area (Å²) in [5.41, 5.74) is 5.10. The molecule has 0 spiro atoms. The van der Waals surface area contributed by atoms with Crippen molar-refractivity contribution in [3.8, 4) is 0 Å². The van der Waals surface area contributed by atoms with Gasteiger partial charge in [0, 0.05) is 23.5 Å². The lowest BCUT2D eigenvalue weighted by atomic mass is 9.94. The smallest absolute Gasteiger partial charge is 0.339 e. The van der Waals surface area contributed by atoms with Crippen molar-refractivity contribution in [2.45, 2.75) is 51.0 Å². The van der Waals surface area contributed by atoms with Crippen LogP contribution in [-0.2, 0) is 16.0 Å². The van der Waals surface area contributed by atoms with E-state index in [1.54, 1.807) is 4.90 Å². The Hall–Kier alpha value is -3.18. The lowest BCUT2D eigenvalue weighted by Crippen LogP contribution is -2.40. The molecule has 5 nitrogen and oxygen atoms in total. The second kappa shape index (κ2) is 10.2. The maximum atomic E-state index is 13.4. The van der Waals surface area contributed by atoms with E-state index >= 15 is 0 Å². The molecule has 1 aromatic heterocycles. The van der Waals surface area contributed by atoms with Crippen LogP contribution < -0.4 is 0 Å². The van der Waals surface area contributed by atoms with Crippen LogP contribution in [0.4, 0.5) is 0 Å². The summed E-state index contributed by atoms with van der Waals surface area (Å²) >= 11 is 6.03. The number of benzene rings is 2. The molecule has 0 radical (unpaired) electrons. The van der Waals surface area contributed by atoms with Gasteiger partial charge in [-0.3, -0.25) is 4.79 Å². The normalized spacial score (nSPS) is 16.9. The van der Waals surface area contributed by atoms with E-state index in [2.05, 4.69) is 6.08 Å². The Morgan fingerprint density at radius 2 is 1.80 bits per heavy atom. The predicted octanol–water partition coefficient (Wildman–Crippen LogP) is 6.32. The van der Waals surface area contributed by atoms with Crippen molar-refractivity contribution in [1.82, 2.24) is 9.88 Å². The molecular weight excluding hydrogens is 460 g/mol. The van der Waals surface area contributed by atoms with Gasteiger partial charge < -0.3 is 9.64 Å². The average molecular weight is 489 g/mol. The van der Waals surface area contributed by atoms with Gasteiger partial charge in [-0.25, -0.2) is 9.78 Å². The number of likely N-dealkylation sites (N-methyl/N-ethyl adjacent to an activating group) is 1. The Labute approximate surface area is 210 Å². The number of pyridine rings is 1. The first-order valence-corrected chi connectivity index (χ1v) is 12.7. The van der Waals surface area contributed by atoms with E-state index in [-0.39, 0.29) is 18.6 Å². The molecule has 0 N–H and O–H groups in total. The molecule has 1 fully saturated rings. The molecule has 6 heteroatoms. The molecule has 180 valence electrons. The number of amides is 1. The number of halogens is 1. The van der Waals surface area contributed by atoms with E-state index < -0.39 is 5.97 Å². The fraction of sp³-hybridized carbons (Fsp3) is 0.345. The summed E-state index contributed by atoms with van der Waals surface area (Å²) in [5.74, 6) is -0.610. The highest BCUT2D eigenvalue weighted by Crippen LogP contribution is 2.38. The summed E-state index contributed by atoms with van der Waals surface area (Å²) in [6, 6.07) is 15.5. The van der Waals surface area contributed by atoms with Gasteiger partial charge in [0.1, 0.15) is 0 Å². The minimum absolute atomic E-state index is 0.149. The zero-order chi connectivity index (χ0) is 24.4. The number of carbonyl (C=O) groups excluding carboxylic acids is 2. The third-order valence-electron chi connectivity index (χ3n) is 7.20. The van der Waals surface area contributed by atoms with Crippen LogP contribution in [0, 0.1) is 0 Å². The van der Waals surface area contributed by atoms with Crippen LogP contribution in [0.3, 0.4) is 0 Å². The number of rotatable bonds is 5. The fourth-order valence-corrected chi connectivity index (χ4v) is 5.37. The van der Waals surface area contributed by atoms with Gasteiger partial charge in [-0.15, -0.1) is 0 Å². The second-order valence-corrected chi connectivity index (χ2v) is 9.86. The molecule has 3 aromatic rings. The number of fused-ring (bicyclic) bond motifs is 2. The summed E-state index contributed by atoms with van der Waals surface area (Å²) < 4.78 is 5.61. The van der Waals surface area contributed by atoms with E-state index in [9.17, 15) is 9.59 Å². The van der Waals surface area contributed by atoms with Gasteiger partial charge >= 0.3 is 5.97 Å². The quantitative estimate of drug-likeness (QED) is 0.394. The van der Waals surface area contributed by atoms with Crippen molar-refractivity contribution in [3.05, 3.63) is 75.9 Å². The summed E-state index contributed by atoms with van der Waals surface area (Å²) in [4.78, 5) is 32.8. The molecule has 2 aromatic carbocycles. The van der Waals surface area contributed by atoms with Crippen molar-refractivity contribution in [2.75, 3.05) is 13.7 Å². The van der Waals surface area contributed by atoms with Gasteiger partial charge in [0.15, 0.2) is 6.61 Å². The number of ether oxygens (including phenoxy) is 1. The zero-order valence-corrected chi connectivity index (χ0v) is 20.7. The number of nitrogens with zero attached hydrogens (tertiary/aromatic N) is 2. The van der Waals surface area contributed by atoms with Gasteiger partial charge in [0.25, 0.3) is 5.91 Å². The highest BCUT2D eigenvalue weighted by Gasteiger charge is 2.29. The molecule has 0 saturated heterocycles. The number of hydrogen-bond acceptors (Lipinski definition) is 4. The first kappa shape index (κ1) is 23.6. The Morgan fingerprint density at radius 3 is 2.57 bits per heavy atom. The summed E-state index contributed by atoms with van der Waals surface area (Å²) in [7, 11) is 1.82. The van der Waals surface area contributed by atoms with Gasteiger partial charge in [-0.1, -0.05) is 61.2 Å². The zero-order valence-electron chi connectivity index (χ0n) is 19.9. The van der Waals surface area contributed by atoms with Crippen LogP contribution in [-0.4, -0.2) is 41.5 Å². The van der Waals surface area contributed by atoms with Crippen molar-refractivity contribution < 1.29 is 14.3 Å². The van der Waals surface area contributed by atoms with Gasteiger partial charge in [-0.2, -0.15) is 0 Å². The lowest BCUT2D eigenvalue weighted by molar-refractivity contribution is -0.135. The number of allylic oxidation sites excluding steroid dienone is 1. The molecule has 35 heavy (non-hydrogen) atoms. The van der Waals surface area contributed by atoms with Gasteiger partial charge in [-0.05, 0) is 66.7 Å². The Balaban J connectivity index is 1.42. The largest absolute Gasteiger partial charge is 0.452 e. The Kier molecular flexibility index (Phi) is 6.87. The fourth-order valence-electron chi connectivity index (χ4n) is 5.25. The predicted molar refractivity (Wildman–Crippen MR) is 139 cm³/mol. The molecule has 5 rings (SSSR count). The van der Waals surface area contributed by atoms with E-state index in [4.69, 9.17) is 21.3 Å². The Bertz CT molecular complexity index is 1290. The summed E-state index contributed by atoms with van der Waals surface area (Å²) in [6.07, 6.45) is 9.12. The molecule has 0 bridgehead atoms. The first-order valence-electron chi connectivity index (χ1n) is 12.3. The molecule has 1 heterocycles. The second-order valence-electron chi connectivity index (χ2n) is 9.42. The third-order valence-corrected chi connectivity index (χ3v) is 7.45. The van der Waals surface area contributed by atoms with Crippen molar-refractivity contribution in [2.24, 2.45) is 0 Å². The molecular formula is C29H29ClN2O3. The number of hydrogen-bond donors (Lipinski definition) is 0. The van der Waals surface area contributed by atoms with Crippen molar-refractivity contribution in [1.29, 1.82) is 0 Å². The lowest BCUT2D eigenvalue weighted by Gasteiger charge is -2.31.